The lowest BCUT2D eigenvalue weighted by Gasteiger charge is -2.33. The number of anilines is 2. The van der Waals surface area contributed by atoms with Gasteiger partial charge in [0.1, 0.15) is 23.4 Å². The minimum absolute atomic E-state index is 0.00496. The fourth-order valence-electron chi connectivity index (χ4n) is 6.10. The number of carboxylic acids is 1. The summed E-state index contributed by atoms with van der Waals surface area (Å²) in [6.07, 6.45) is 6.65. The number of imidazole rings is 1. The molecule has 0 aliphatic carbocycles. The molecule has 4 heterocycles. The van der Waals surface area contributed by atoms with E-state index in [1.54, 1.807) is 36.4 Å². The number of aliphatic carboxylic acids is 1. The number of hydrogen-bond acceptors (Lipinski definition) is 8. The first-order chi connectivity index (χ1) is 21.7. The number of sulfonamides is 1. The van der Waals surface area contributed by atoms with E-state index in [4.69, 9.17) is 10.4 Å². The van der Waals surface area contributed by atoms with E-state index in [0.29, 0.717) is 30.0 Å². The first kappa shape index (κ1) is 30.3. The van der Waals surface area contributed by atoms with Crippen LogP contribution in [-0.4, -0.2) is 70.4 Å². The Hall–Kier alpha value is -4.75. The second-order valence-corrected chi connectivity index (χ2v) is 13.0. The van der Waals surface area contributed by atoms with Crippen LogP contribution in [-0.2, 0) is 27.8 Å². The number of aromatic nitrogens is 3. The number of rotatable bonds is 10. The summed E-state index contributed by atoms with van der Waals surface area (Å²) in [6.45, 7) is 5.68. The molecular formula is C32H36N8O4S. The van der Waals surface area contributed by atoms with Gasteiger partial charge in [-0.05, 0) is 55.0 Å². The molecule has 2 aromatic carbocycles. The van der Waals surface area contributed by atoms with Gasteiger partial charge < -0.3 is 25.2 Å². The zero-order chi connectivity index (χ0) is 31.6. The SMILES string of the molecule is C=CNc1c(C(=N)N2CCC(c3ccc4c(n3)NCCC4)CC2)ncn1CC(NS(=O)(=O)c1cccc2ccccc12)C(=O)O. The Morgan fingerprint density at radius 3 is 2.71 bits per heavy atom. The van der Waals surface area contributed by atoms with Crippen molar-refractivity contribution < 1.29 is 18.3 Å². The van der Waals surface area contributed by atoms with Crippen LogP contribution in [0.1, 0.15) is 42.1 Å². The molecule has 6 rings (SSSR count). The maximum atomic E-state index is 13.4. The van der Waals surface area contributed by atoms with Gasteiger partial charge in [-0.2, -0.15) is 4.72 Å². The molecule has 0 radical (unpaired) electrons. The Balaban J connectivity index is 1.17. The Labute approximate surface area is 261 Å². The summed E-state index contributed by atoms with van der Waals surface area (Å²) in [5.41, 5.74) is 2.65. The molecule has 0 saturated carbocycles. The van der Waals surface area contributed by atoms with E-state index < -0.39 is 22.0 Å². The molecule has 0 amide bonds. The van der Waals surface area contributed by atoms with Crippen molar-refractivity contribution in [2.45, 2.75) is 49.1 Å². The zero-order valence-electron chi connectivity index (χ0n) is 24.7. The van der Waals surface area contributed by atoms with Gasteiger partial charge in [0.25, 0.3) is 0 Å². The molecule has 2 aromatic heterocycles. The third kappa shape index (κ3) is 6.26. The monoisotopic (exact) mass is 628 g/mol. The number of nitrogens with one attached hydrogen (secondary N) is 4. The van der Waals surface area contributed by atoms with Gasteiger partial charge in [-0.3, -0.25) is 10.2 Å². The van der Waals surface area contributed by atoms with Crippen molar-refractivity contribution >= 4 is 44.2 Å². The van der Waals surface area contributed by atoms with Gasteiger partial charge in [-0.1, -0.05) is 49.0 Å². The number of carbonyl (C=O) groups is 1. The highest BCUT2D eigenvalue weighted by atomic mass is 32.2. The van der Waals surface area contributed by atoms with Gasteiger partial charge in [0, 0.05) is 36.6 Å². The molecule has 1 saturated heterocycles. The molecule has 12 nitrogen and oxygen atoms in total. The lowest BCUT2D eigenvalue weighted by atomic mass is 9.92. The number of aryl methyl sites for hydroxylation is 1. The summed E-state index contributed by atoms with van der Waals surface area (Å²) in [7, 11) is -4.20. The summed E-state index contributed by atoms with van der Waals surface area (Å²) in [6, 6.07) is 14.7. The number of carboxylic acid groups (broad SMARTS) is 1. The van der Waals surface area contributed by atoms with Crippen LogP contribution < -0.4 is 15.4 Å². The first-order valence-corrected chi connectivity index (χ1v) is 16.5. The topological polar surface area (TPSA) is 165 Å². The maximum Gasteiger partial charge on any atom is 0.323 e. The Morgan fingerprint density at radius 1 is 1.16 bits per heavy atom. The summed E-state index contributed by atoms with van der Waals surface area (Å²) >= 11 is 0. The Kier molecular flexibility index (Phi) is 8.55. The van der Waals surface area contributed by atoms with Crippen LogP contribution in [0, 0.1) is 5.41 Å². The number of amidine groups is 1. The van der Waals surface area contributed by atoms with Crippen LogP contribution >= 0.6 is 0 Å². The van der Waals surface area contributed by atoms with E-state index in [1.807, 2.05) is 4.90 Å². The highest BCUT2D eigenvalue weighted by molar-refractivity contribution is 7.89. The van der Waals surface area contributed by atoms with Gasteiger partial charge >= 0.3 is 5.97 Å². The average molecular weight is 629 g/mol. The van der Waals surface area contributed by atoms with E-state index in [1.165, 1.54) is 28.7 Å². The van der Waals surface area contributed by atoms with Crippen molar-refractivity contribution in [3.8, 4) is 0 Å². The predicted octanol–water partition coefficient (Wildman–Crippen LogP) is 3.98. The molecule has 1 atom stereocenters. The third-order valence-corrected chi connectivity index (χ3v) is 9.99. The maximum absolute atomic E-state index is 13.4. The molecule has 1 unspecified atom stereocenters. The summed E-state index contributed by atoms with van der Waals surface area (Å²) in [5, 5.41) is 26.6. The van der Waals surface area contributed by atoms with Crippen molar-refractivity contribution in [1.29, 1.82) is 5.41 Å². The van der Waals surface area contributed by atoms with Crippen LogP contribution in [0.3, 0.4) is 0 Å². The minimum Gasteiger partial charge on any atom is -0.480 e. The lowest BCUT2D eigenvalue weighted by Crippen LogP contribution is -2.43. The zero-order valence-corrected chi connectivity index (χ0v) is 25.6. The van der Waals surface area contributed by atoms with Gasteiger partial charge in [0.05, 0.1) is 17.8 Å². The van der Waals surface area contributed by atoms with Crippen LogP contribution in [0.15, 0.2) is 78.6 Å². The van der Waals surface area contributed by atoms with E-state index >= 15 is 0 Å². The average Bonchev–Trinajstić information content (AvgIpc) is 3.45. The highest BCUT2D eigenvalue weighted by Gasteiger charge is 2.30. The molecule has 234 valence electrons. The largest absolute Gasteiger partial charge is 0.480 e. The number of piperidine rings is 1. The molecule has 0 spiro atoms. The highest BCUT2D eigenvalue weighted by Crippen LogP contribution is 2.31. The second-order valence-electron chi connectivity index (χ2n) is 11.3. The molecule has 45 heavy (non-hydrogen) atoms. The molecule has 4 aromatic rings. The number of fused-ring (bicyclic) bond motifs is 2. The number of hydrogen-bond donors (Lipinski definition) is 5. The minimum atomic E-state index is -4.20. The Bertz CT molecular complexity index is 1860. The second kappa shape index (κ2) is 12.7. The van der Waals surface area contributed by atoms with E-state index in [2.05, 4.69) is 39.1 Å². The molecule has 2 aliphatic rings. The van der Waals surface area contributed by atoms with Gasteiger partial charge in [0.15, 0.2) is 5.84 Å². The molecule has 13 heteroatoms. The van der Waals surface area contributed by atoms with Crippen LogP contribution in [0.25, 0.3) is 10.8 Å². The van der Waals surface area contributed by atoms with E-state index in [-0.39, 0.29) is 23.2 Å². The normalized spacial score (nSPS) is 16.0. The van der Waals surface area contributed by atoms with Crippen molar-refractivity contribution in [3.63, 3.8) is 0 Å². The third-order valence-electron chi connectivity index (χ3n) is 8.46. The van der Waals surface area contributed by atoms with Crippen molar-refractivity contribution in [2.75, 3.05) is 30.3 Å². The van der Waals surface area contributed by atoms with Gasteiger partial charge in [-0.25, -0.2) is 18.4 Å². The fraction of sp³-hybridized carbons (Fsp3) is 0.312. The van der Waals surface area contributed by atoms with E-state index in [0.717, 1.165) is 49.1 Å². The van der Waals surface area contributed by atoms with Crippen molar-refractivity contribution in [1.82, 2.24) is 24.2 Å². The molecular weight excluding hydrogens is 592 g/mol. The number of nitrogens with zero attached hydrogens (tertiary/aromatic N) is 4. The van der Waals surface area contributed by atoms with Gasteiger partial charge in [0.2, 0.25) is 10.0 Å². The molecule has 1 fully saturated rings. The van der Waals surface area contributed by atoms with Crippen LogP contribution in [0.5, 0.6) is 0 Å². The van der Waals surface area contributed by atoms with E-state index in [9.17, 15) is 18.3 Å². The predicted molar refractivity (Wildman–Crippen MR) is 173 cm³/mol. The quantitative estimate of drug-likeness (QED) is 0.129. The molecule has 0 bridgehead atoms. The van der Waals surface area contributed by atoms with Crippen LogP contribution in [0.2, 0.25) is 0 Å². The van der Waals surface area contributed by atoms with Gasteiger partial charge in [-0.15, -0.1) is 0 Å². The summed E-state index contributed by atoms with van der Waals surface area (Å²) < 4.78 is 30.7. The molecule has 5 N–H and O–H groups in total. The number of pyridine rings is 1. The lowest BCUT2D eigenvalue weighted by molar-refractivity contribution is -0.139. The first-order valence-electron chi connectivity index (χ1n) is 15.0. The Morgan fingerprint density at radius 2 is 1.93 bits per heavy atom. The fourth-order valence-corrected chi connectivity index (χ4v) is 7.51. The smallest absolute Gasteiger partial charge is 0.323 e. The van der Waals surface area contributed by atoms with Crippen LogP contribution in [0.4, 0.5) is 11.6 Å². The standard InChI is InChI=1S/C32H36N8O4S/c1-2-34-31-28(29(33)39-17-14-22(15-18-39)25-13-12-23-9-6-16-35-30(23)37-25)36-20-40(31)19-26(32(41)42)38-45(43,44)27-11-5-8-21-7-3-4-10-24(21)27/h2-5,7-8,10-13,20,22,26,33-34,38H,1,6,9,14-19H2,(H,35,37)(H,41,42). The summed E-state index contributed by atoms with van der Waals surface area (Å²) in [5.74, 6) is 0.480. The molecule has 2 aliphatic heterocycles. The van der Waals surface area contributed by atoms with Crippen molar-refractivity contribution in [3.05, 3.63) is 90.7 Å². The number of benzene rings is 2. The van der Waals surface area contributed by atoms with Crippen molar-refractivity contribution in [2.24, 2.45) is 0 Å². The summed E-state index contributed by atoms with van der Waals surface area (Å²) in [4.78, 5) is 23.6. The number of likely N-dealkylation sites (tertiary alicyclic amines) is 1.